The van der Waals surface area contributed by atoms with Crippen LogP contribution in [0.15, 0.2) is 12.1 Å². The summed E-state index contributed by atoms with van der Waals surface area (Å²) in [7, 11) is 1.24. The number of pyridine rings is 1. The molecule has 1 heterocycles. The minimum atomic E-state index is -0.629. The molecule has 0 atom stereocenters. The van der Waals surface area contributed by atoms with E-state index in [1.165, 1.54) is 13.2 Å². The van der Waals surface area contributed by atoms with Crippen LogP contribution in [-0.2, 0) is 4.74 Å². The minimum Gasteiger partial charge on any atom is -0.505 e. The van der Waals surface area contributed by atoms with Gasteiger partial charge in [-0.25, -0.2) is 9.78 Å². The Bertz CT molecular complexity index is 309. The number of rotatable bonds is 1. The summed E-state index contributed by atoms with van der Waals surface area (Å²) in [6.45, 7) is 1.73. The van der Waals surface area contributed by atoms with Crippen LogP contribution in [0.25, 0.3) is 0 Å². The molecule has 64 valence electrons. The quantitative estimate of drug-likeness (QED) is 0.631. The molecule has 0 saturated carbocycles. The zero-order chi connectivity index (χ0) is 9.14. The fraction of sp³-hybridized carbons (Fsp3) is 0.250. The fourth-order valence-corrected chi connectivity index (χ4v) is 0.796. The Hall–Kier alpha value is -1.58. The normalized spacial score (nSPS) is 9.50. The first-order chi connectivity index (χ1) is 5.65. The minimum absolute atomic E-state index is 0.0440. The van der Waals surface area contributed by atoms with Crippen molar-refractivity contribution in [3.05, 3.63) is 23.5 Å². The van der Waals surface area contributed by atoms with Crippen LogP contribution in [0.5, 0.6) is 5.75 Å². The molecule has 1 N–H and O–H groups in total. The lowest BCUT2D eigenvalue weighted by atomic mass is 10.3. The number of methoxy groups -OCH3 is 1. The summed E-state index contributed by atoms with van der Waals surface area (Å²) in [5.74, 6) is -0.788. The molecule has 1 rings (SSSR count). The molecule has 0 spiro atoms. The number of aryl methyl sites for hydroxylation is 1. The van der Waals surface area contributed by atoms with E-state index in [4.69, 9.17) is 0 Å². The van der Waals surface area contributed by atoms with E-state index in [9.17, 15) is 9.90 Å². The van der Waals surface area contributed by atoms with Gasteiger partial charge in [0.05, 0.1) is 7.11 Å². The molecule has 0 fully saturated rings. The highest BCUT2D eigenvalue weighted by molar-refractivity contribution is 5.90. The number of esters is 1. The summed E-state index contributed by atoms with van der Waals surface area (Å²) in [6.07, 6.45) is 0. The lowest BCUT2D eigenvalue weighted by Gasteiger charge is -2.01. The number of hydrogen-bond acceptors (Lipinski definition) is 4. The van der Waals surface area contributed by atoms with Gasteiger partial charge in [0.15, 0.2) is 5.69 Å². The zero-order valence-corrected chi connectivity index (χ0v) is 6.87. The Morgan fingerprint density at radius 1 is 1.58 bits per heavy atom. The van der Waals surface area contributed by atoms with Crippen LogP contribution >= 0.6 is 0 Å². The molecule has 0 saturated heterocycles. The first kappa shape index (κ1) is 8.52. The van der Waals surface area contributed by atoms with Crippen LogP contribution in [0, 0.1) is 6.92 Å². The van der Waals surface area contributed by atoms with Gasteiger partial charge in [0.25, 0.3) is 0 Å². The topological polar surface area (TPSA) is 59.4 Å². The summed E-state index contributed by atoms with van der Waals surface area (Å²) >= 11 is 0. The summed E-state index contributed by atoms with van der Waals surface area (Å²) in [6, 6.07) is 3.02. The molecule has 1 aromatic rings. The molecule has 0 aliphatic rings. The van der Waals surface area contributed by atoms with Gasteiger partial charge < -0.3 is 9.84 Å². The molecule has 4 nitrogen and oxygen atoms in total. The van der Waals surface area contributed by atoms with Gasteiger partial charge in [0, 0.05) is 5.69 Å². The molecule has 0 amide bonds. The standard InChI is InChI=1S/C8H9NO3/c1-5-3-4-6(10)7(9-5)8(11)12-2/h3-4,10H,1-2H3. The third-order valence-electron chi connectivity index (χ3n) is 1.39. The van der Waals surface area contributed by atoms with Crippen LogP contribution in [0.4, 0.5) is 0 Å². The van der Waals surface area contributed by atoms with E-state index in [0.29, 0.717) is 5.69 Å². The summed E-state index contributed by atoms with van der Waals surface area (Å²) < 4.78 is 4.41. The Kier molecular flexibility index (Phi) is 2.28. The van der Waals surface area contributed by atoms with E-state index in [2.05, 4.69) is 9.72 Å². The van der Waals surface area contributed by atoms with Crippen LogP contribution < -0.4 is 0 Å². The molecule has 0 aliphatic heterocycles. The van der Waals surface area contributed by atoms with Gasteiger partial charge in [-0.3, -0.25) is 0 Å². The van der Waals surface area contributed by atoms with E-state index < -0.39 is 5.97 Å². The molecule has 0 aliphatic carbocycles. The van der Waals surface area contributed by atoms with Crippen LogP contribution in [-0.4, -0.2) is 23.2 Å². The monoisotopic (exact) mass is 167 g/mol. The number of carbonyl (C=O) groups is 1. The predicted octanol–water partition coefficient (Wildman–Crippen LogP) is 0.882. The number of ether oxygens (including phenoxy) is 1. The van der Waals surface area contributed by atoms with E-state index >= 15 is 0 Å². The van der Waals surface area contributed by atoms with Gasteiger partial charge in [0.1, 0.15) is 5.75 Å². The Labute approximate surface area is 69.8 Å². The summed E-state index contributed by atoms with van der Waals surface area (Å²) in [5.41, 5.74) is 0.616. The van der Waals surface area contributed by atoms with Crippen molar-refractivity contribution in [2.75, 3.05) is 7.11 Å². The van der Waals surface area contributed by atoms with Crippen molar-refractivity contribution in [1.82, 2.24) is 4.98 Å². The van der Waals surface area contributed by atoms with Crippen LogP contribution in [0.1, 0.15) is 16.2 Å². The molecule has 0 unspecified atom stereocenters. The number of nitrogens with zero attached hydrogens (tertiary/aromatic N) is 1. The maximum absolute atomic E-state index is 10.9. The van der Waals surface area contributed by atoms with Crippen molar-refractivity contribution in [2.45, 2.75) is 6.92 Å². The average Bonchev–Trinajstić information content (AvgIpc) is 2.08. The van der Waals surface area contributed by atoms with E-state index in [1.54, 1.807) is 13.0 Å². The summed E-state index contributed by atoms with van der Waals surface area (Å²) in [5, 5.41) is 9.17. The first-order valence-corrected chi connectivity index (χ1v) is 3.40. The molecular formula is C8H9NO3. The number of aromatic hydroxyl groups is 1. The third-order valence-corrected chi connectivity index (χ3v) is 1.39. The van der Waals surface area contributed by atoms with Crippen LogP contribution in [0.2, 0.25) is 0 Å². The average molecular weight is 167 g/mol. The molecule has 0 aromatic carbocycles. The highest BCUT2D eigenvalue weighted by atomic mass is 16.5. The van der Waals surface area contributed by atoms with Gasteiger partial charge in [0.2, 0.25) is 0 Å². The smallest absolute Gasteiger partial charge is 0.360 e. The SMILES string of the molecule is COC(=O)c1nc(C)ccc1O. The third kappa shape index (κ3) is 1.53. The van der Waals surface area contributed by atoms with Gasteiger partial charge in [-0.05, 0) is 19.1 Å². The van der Waals surface area contributed by atoms with Crippen molar-refractivity contribution in [3.63, 3.8) is 0 Å². The molecule has 0 radical (unpaired) electrons. The molecular weight excluding hydrogens is 158 g/mol. The first-order valence-electron chi connectivity index (χ1n) is 3.40. The molecule has 1 aromatic heterocycles. The van der Waals surface area contributed by atoms with Crippen molar-refractivity contribution in [3.8, 4) is 5.75 Å². The Morgan fingerprint density at radius 3 is 2.83 bits per heavy atom. The van der Waals surface area contributed by atoms with Gasteiger partial charge in [-0.15, -0.1) is 0 Å². The lowest BCUT2D eigenvalue weighted by Crippen LogP contribution is -2.05. The zero-order valence-electron chi connectivity index (χ0n) is 6.87. The Balaban J connectivity index is 3.13. The Morgan fingerprint density at radius 2 is 2.25 bits per heavy atom. The highest BCUT2D eigenvalue weighted by Crippen LogP contribution is 2.14. The molecule has 4 heteroatoms. The second-order valence-electron chi connectivity index (χ2n) is 2.31. The molecule has 12 heavy (non-hydrogen) atoms. The number of aromatic nitrogens is 1. The molecule has 0 bridgehead atoms. The maximum atomic E-state index is 10.9. The maximum Gasteiger partial charge on any atom is 0.360 e. The van der Waals surface area contributed by atoms with E-state index in [1.807, 2.05) is 0 Å². The van der Waals surface area contributed by atoms with Crippen molar-refractivity contribution in [2.24, 2.45) is 0 Å². The summed E-state index contributed by atoms with van der Waals surface area (Å²) in [4.78, 5) is 14.8. The van der Waals surface area contributed by atoms with E-state index in [0.717, 1.165) is 0 Å². The largest absolute Gasteiger partial charge is 0.505 e. The fourth-order valence-electron chi connectivity index (χ4n) is 0.796. The predicted molar refractivity (Wildman–Crippen MR) is 42.0 cm³/mol. The van der Waals surface area contributed by atoms with Crippen LogP contribution in [0.3, 0.4) is 0 Å². The lowest BCUT2D eigenvalue weighted by molar-refractivity contribution is 0.0590. The second-order valence-corrected chi connectivity index (χ2v) is 2.31. The number of carbonyl (C=O) groups excluding carboxylic acids is 1. The van der Waals surface area contributed by atoms with Crippen molar-refractivity contribution < 1.29 is 14.6 Å². The van der Waals surface area contributed by atoms with Gasteiger partial charge in [-0.2, -0.15) is 0 Å². The second kappa shape index (κ2) is 3.21. The van der Waals surface area contributed by atoms with E-state index in [-0.39, 0.29) is 11.4 Å². The number of hydrogen-bond donors (Lipinski definition) is 1. The van der Waals surface area contributed by atoms with Crippen molar-refractivity contribution in [1.29, 1.82) is 0 Å². The van der Waals surface area contributed by atoms with Gasteiger partial charge in [-0.1, -0.05) is 0 Å². The van der Waals surface area contributed by atoms with Gasteiger partial charge >= 0.3 is 5.97 Å². The van der Waals surface area contributed by atoms with Crippen molar-refractivity contribution >= 4 is 5.97 Å². The highest BCUT2D eigenvalue weighted by Gasteiger charge is 2.12.